The molecule has 0 bridgehead atoms. The number of unbranched alkanes of at least 4 members (excludes halogenated alkanes) is 16. The maximum absolute atomic E-state index is 12.8. The highest BCUT2D eigenvalue weighted by Gasteiger charge is 2.23. The first-order valence-corrected chi connectivity index (χ1v) is 23.3. The predicted molar refractivity (Wildman–Crippen MR) is 231 cm³/mol. The van der Waals surface area contributed by atoms with Crippen molar-refractivity contribution in [3.63, 3.8) is 0 Å². The minimum absolute atomic E-state index is 0.0492. The van der Waals surface area contributed by atoms with Crippen LogP contribution in [0.1, 0.15) is 155 Å². The Morgan fingerprint density at radius 3 is 1.79 bits per heavy atom. The van der Waals surface area contributed by atoms with Crippen molar-refractivity contribution in [2.24, 2.45) is 0 Å². The van der Waals surface area contributed by atoms with E-state index in [0.717, 1.165) is 25.7 Å². The highest BCUT2D eigenvalue weighted by Crippen LogP contribution is 2.38. The second kappa shape index (κ2) is 36.2. The molecule has 0 heterocycles. The number of hydrogen-bond donors (Lipinski definition) is 4. The number of hydrogen-bond acceptors (Lipinski definition) is 8. The van der Waals surface area contributed by atoms with E-state index in [1.54, 1.807) is 42.5 Å². The number of likely N-dealkylation sites (N-methyl/N-ethyl adjacent to an activating group) is 1. The fraction of sp³-hybridized carbons (Fsp3) is 0.756. The van der Waals surface area contributed by atoms with E-state index in [1.165, 1.54) is 89.9 Å². The first-order chi connectivity index (χ1) is 26.8. The summed E-state index contributed by atoms with van der Waals surface area (Å²) in [6.45, 7) is 4.36. The maximum atomic E-state index is 12.8. The number of aliphatic hydroxyl groups is 3. The molecular weight excluding hydrogens is 727 g/mol. The minimum Gasteiger partial charge on any atom is -0.756 e. The molecule has 326 valence electrons. The first-order valence-electron chi connectivity index (χ1n) is 21.9. The van der Waals surface area contributed by atoms with E-state index in [2.05, 4.69) is 25.2 Å². The lowest BCUT2D eigenvalue weighted by Crippen LogP contribution is -2.45. The second-order valence-electron chi connectivity index (χ2n) is 16.1. The predicted octanol–water partition coefficient (Wildman–Crippen LogP) is 9.16. The zero-order valence-electron chi connectivity index (χ0n) is 36.0. The molecule has 1 amide bonds. The molecule has 0 aliphatic rings. The fourth-order valence-corrected chi connectivity index (χ4v) is 6.54. The molecule has 0 rings (SSSR count). The summed E-state index contributed by atoms with van der Waals surface area (Å²) in [6, 6.07) is -1.00. The van der Waals surface area contributed by atoms with Crippen molar-refractivity contribution in [3.8, 4) is 0 Å². The van der Waals surface area contributed by atoms with Crippen LogP contribution in [-0.2, 0) is 18.4 Å². The van der Waals surface area contributed by atoms with Gasteiger partial charge >= 0.3 is 0 Å². The Morgan fingerprint density at radius 1 is 0.679 bits per heavy atom. The average molecular weight is 811 g/mol. The van der Waals surface area contributed by atoms with Gasteiger partial charge in [0, 0.05) is 6.42 Å². The molecule has 0 saturated carbocycles. The van der Waals surface area contributed by atoms with Gasteiger partial charge in [0.2, 0.25) is 5.91 Å². The summed E-state index contributed by atoms with van der Waals surface area (Å²) in [5, 5.41) is 34.0. The van der Waals surface area contributed by atoms with Crippen molar-refractivity contribution in [1.29, 1.82) is 0 Å². The number of aliphatic hydroxyl groups excluding tert-OH is 3. The average Bonchev–Trinajstić information content (AvgIpc) is 3.13. The normalized spacial score (nSPS) is 16.1. The molecule has 11 heteroatoms. The largest absolute Gasteiger partial charge is 0.756 e. The highest BCUT2D eigenvalue weighted by atomic mass is 31.2. The summed E-state index contributed by atoms with van der Waals surface area (Å²) in [7, 11) is 1.10. The lowest BCUT2D eigenvalue weighted by atomic mass is 10.0. The van der Waals surface area contributed by atoms with Crippen LogP contribution >= 0.6 is 7.82 Å². The van der Waals surface area contributed by atoms with Crippen LogP contribution in [0.3, 0.4) is 0 Å². The zero-order chi connectivity index (χ0) is 41.8. The maximum Gasteiger partial charge on any atom is 0.268 e. The third-order valence-electron chi connectivity index (χ3n) is 9.41. The Balaban J connectivity index is 4.75. The Labute approximate surface area is 342 Å². The van der Waals surface area contributed by atoms with Gasteiger partial charge in [-0.15, -0.1) is 0 Å². The number of quaternary nitrogens is 1. The number of allylic oxidation sites excluding steroid dienone is 6. The first kappa shape index (κ1) is 54.1. The smallest absolute Gasteiger partial charge is 0.268 e. The number of carbonyl (C=O) groups is 1. The van der Waals surface area contributed by atoms with Gasteiger partial charge in [0.25, 0.3) is 7.82 Å². The Bertz CT molecular complexity index is 1130. The van der Waals surface area contributed by atoms with Gasteiger partial charge in [-0.2, -0.15) is 0 Å². The van der Waals surface area contributed by atoms with E-state index in [9.17, 15) is 29.6 Å². The summed E-state index contributed by atoms with van der Waals surface area (Å²) < 4.78 is 23.1. The highest BCUT2D eigenvalue weighted by molar-refractivity contribution is 7.45. The van der Waals surface area contributed by atoms with Crippen molar-refractivity contribution in [2.45, 2.75) is 179 Å². The minimum atomic E-state index is -4.66. The van der Waals surface area contributed by atoms with Crippen LogP contribution in [0.25, 0.3) is 0 Å². The lowest BCUT2D eigenvalue weighted by Gasteiger charge is -2.29. The van der Waals surface area contributed by atoms with E-state index in [0.29, 0.717) is 30.3 Å². The van der Waals surface area contributed by atoms with Crippen molar-refractivity contribution in [2.75, 3.05) is 40.9 Å². The van der Waals surface area contributed by atoms with Crippen LogP contribution in [0.15, 0.2) is 60.8 Å². The SMILES string of the molecule is CCCCC/C=C\C[C@H](O)/C=C/C=C/C=C\[C@H](O)CCCC(=O)N[C@@H](COP(=O)([O-])OCC[N+](C)(C)C)[C@H](O)/C=C/CCCCCCCCCCCCCCC. The van der Waals surface area contributed by atoms with Crippen molar-refractivity contribution in [3.05, 3.63) is 60.8 Å². The molecule has 10 nitrogen and oxygen atoms in total. The molecule has 0 fully saturated rings. The summed E-state index contributed by atoms with van der Waals surface area (Å²) in [4.78, 5) is 25.3. The lowest BCUT2D eigenvalue weighted by molar-refractivity contribution is -0.870. The zero-order valence-corrected chi connectivity index (χ0v) is 36.9. The summed E-state index contributed by atoms with van der Waals surface area (Å²) in [5.74, 6) is -0.384. The van der Waals surface area contributed by atoms with Crippen molar-refractivity contribution >= 4 is 13.7 Å². The van der Waals surface area contributed by atoms with Gasteiger partial charge in [-0.05, 0) is 44.9 Å². The van der Waals surface area contributed by atoms with Gasteiger partial charge in [0.1, 0.15) is 13.2 Å². The van der Waals surface area contributed by atoms with Crippen LogP contribution in [-0.4, -0.2) is 91.0 Å². The standard InChI is InChI=1S/C45H83N2O8P/c1-6-8-10-12-14-15-16-17-18-19-20-21-22-24-30-36-44(50)43(40-55-56(52,53)54-39-38-47(3,4)5)46-45(51)37-31-35-42(49)34-29-26-25-28-33-41(48)32-27-23-13-11-9-7-2/h23,25-30,33-34,36,41-44,48-50H,6-22,24,31-32,35,37-40H2,1-5H3,(H-,46,51,52,53)/b26-25+,27-23-,33-28+,34-29-,36-30+/t41-,42-,43-,44+/m0/s1. The summed E-state index contributed by atoms with van der Waals surface area (Å²) in [5.41, 5.74) is 0. The summed E-state index contributed by atoms with van der Waals surface area (Å²) >= 11 is 0. The van der Waals surface area contributed by atoms with Gasteiger partial charge in [-0.25, -0.2) is 0 Å². The van der Waals surface area contributed by atoms with Crippen LogP contribution in [0.5, 0.6) is 0 Å². The van der Waals surface area contributed by atoms with E-state index in [-0.39, 0.29) is 18.9 Å². The number of nitrogens with zero attached hydrogens (tertiary/aromatic N) is 1. The Kier molecular flexibility index (Phi) is 35.0. The molecule has 56 heavy (non-hydrogen) atoms. The molecule has 5 atom stereocenters. The molecule has 0 spiro atoms. The molecule has 4 N–H and O–H groups in total. The number of carbonyl (C=O) groups excluding carboxylic acids is 1. The molecule has 0 radical (unpaired) electrons. The number of phosphoric ester groups is 1. The molecule has 0 aliphatic heterocycles. The van der Waals surface area contributed by atoms with Crippen LogP contribution in [0.4, 0.5) is 0 Å². The molecule has 0 saturated heterocycles. The van der Waals surface area contributed by atoms with Crippen LogP contribution in [0.2, 0.25) is 0 Å². The molecule has 0 aliphatic carbocycles. The molecule has 0 aromatic carbocycles. The number of nitrogens with one attached hydrogen (secondary N) is 1. The van der Waals surface area contributed by atoms with E-state index < -0.39 is 38.8 Å². The van der Waals surface area contributed by atoms with Gasteiger partial charge in [-0.3, -0.25) is 9.36 Å². The third kappa shape index (κ3) is 37.7. The third-order valence-corrected chi connectivity index (χ3v) is 10.4. The van der Waals surface area contributed by atoms with Gasteiger partial charge in [-0.1, -0.05) is 164 Å². The van der Waals surface area contributed by atoms with Gasteiger partial charge in [0.05, 0.1) is 52.1 Å². The molecule has 0 aromatic rings. The van der Waals surface area contributed by atoms with Crippen LogP contribution < -0.4 is 10.2 Å². The second-order valence-corrected chi connectivity index (χ2v) is 17.5. The molecule has 1 unspecified atom stereocenters. The monoisotopic (exact) mass is 811 g/mol. The van der Waals surface area contributed by atoms with Crippen LogP contribution in [0, 0.1) is 0 Å². The number of amides is 1. The van der Waals surface area contributed by atoms with E-state index in [1.807, 2.05) is 33.3 Å². The molecular formula is C45H83N2O8P. The summed E-state index contributed by atoms with van der Waals surface area (Å²) in [6.07, 6.45) is 38.8. The van der Waals surface area contributed by atoms with E-state index in [4.69, 9.17) is 9.05 Å². The van der Waals surface area contributed by atoms with Crippen molar-refractivity contribution < 1.29 is 43.1 Å². The van der Waals surface area contributed by atoms with Gasteiger partial charge in [0.15, 0.2) is 0 Å². The fourth-order valence-electron chi connectivity index (χ4n) is 5.82. The van der Waals surface area contributed by atoms with Crippen molar-refractivity contribution in [1.82, 2.24) is 5.32 Å². The quantitative estimate of drug-likeness (QED) is 0.0159. The topological polar surface area (TPSA) is 148 Å². The molecule has 0 aromatic heterocycles. The number of phosphoric acid groups is 1. The number of rotatable bonds is 38. The Hall–Kier alpha value is -1.88. The van der Waals surface area contributed by atoms with E-state index >= 15 is 0 Å². The Morgan fingerprint density at radius 2 is 1.20 bits per heavy atom. The van der Waals surface area contributed by atoms with Gasteiger partial charge < -0.3 is 39.1 Å².